The van der Waals surface area contributed by atoms with Crippen LogP contribution in [0.2, 0.25) is 0 Å². The van der Waals surface area contributed by atoms with Gasteiger partial charge in [0.2, 0.25) is 0 Å². The lowest BCUT2D eigenvalue weighted by atomic mass is 9.81. The van der Waals surface area contributed by atoms with Crippen LogP contribution in [0.3, 0.4) is 0 Å². The third-order valence-electron chi connectivity index (χ3n) is 5.15. The van der Waals surface area contributed by atoms with E-state index in [1.54, 1.807) is 18.4 Å². The number of hydrogen-bond donors (Lipinski definition) is 1. The average molecular weight is 385 g/mol. The second-order valence-corrected chi connectivity index (χ2v) is 7.94. The van der Waals surface area contributed by atoms with E-state index in [1.165, 1.54) is 0 Å². The number of aromatic nitrogens is 3. The first-order valence-electron chi connectivity index (χ1n) is 9.03. The van der Waals surface area contributed by atoms with Crippen LogP contribution in [-0.4, -0.2) is 46.6 Å². The Morgan fingerprint density at radius 2 is 2.15 bits per heavy atom. The first-order valence-corrected chi connectivity index (χ1v) is 9.85. The van der Waals surface area contributed by atoms with Gasteiger partial charge in [-0.2, -0.15) is 0 Å². The summed E-state index contributed by atoms with van der Waals surface area (Å²) >= 11 is 1.61. The van der Waals surface area contributed by atoms with Gasteiger partial charge in [-0.3, -0.25) is 0 Å². The number of methoxy groups -OCH3 is 1. The predicted molar refractivity (Wildman–Crippen MR) is 105 cm³/mol. The fraction of sp³-hybridized carbons (Fsp3) is 0.400. The number of hydrogen-bond acceptors (Lipinski definition) is 6. The van der Waals surface area contributed by atoms with E-state index in [9.17, 15) is 5.11 Å². The molecule has 1 fully saturated rings. The number of thiazole rings is 1. The molecule has 1 aliphatic rings. The molecule has 0 atom stereocenters. The maximum Gasteiger partial charge on any atom is 0.151 e. The van der Waals surface area contributed by atoms with Crippen LogP contribution in [0.1, 0.15) is 12.8 Å². The van der Waals surface area contributed by atoms with Gasteiger partial charge < -0.3 is 19.1 Å². The van der Waals surface area contributed by atoms with Gasteiger partial charge in [0, 0.05) is 49.3 Å². The minimum Gasteiger partial charge on any atom is -0.497 e. The van der Waals surface area contributed by atoms with E-state index < -0.39 is 0 Å². The van der Waals surface area contributed by atoms with Crippen molar-refractivity contribution in [1.29, 1.82) is 0 Å². The van der Waals surface area contributed by atoms with Gasteiger partial charge in [-0.1, -0.05) is 12.1 Å². The second kappa shape index (κ2) is 7.80. The van der Waals surface area contributed by atoms with E-state index in [0.29, 0.717) is 13.2 Å². The molecule has 2 aromatic heterocycles. The van der Waals surface area contributed by atoms with Gasteiger partial charge in [0.05, 0.1) is 18.6 Å². The molecule has 1 saturated heterocycles. The fourth-order valence-corrected chi connectivity index (χ4v) is 4.39. The van der Waals surface area contributed by atoms with E-state index >= 15 is 0 Å². The number of benzene rings is 1. The number of rotatable bonds is 6. The van der Waals surface area contributed by atoms with Crippen LogP contribution in [0.25, 0.3) is 21.3 Å². The largest absolute Gasteiger partial charge is 0.497 e. The van der Waals surface area contributed by atoms with Gasteiger partial charge in [0.25, 0.3) is 0 Å². The average Bonchev–Trinajstić information content (AvgIpc) is 3.38. The highest BCUT2D eigenvalue weighted by molar-refractivity contribution is 7.18. The Kier molecular flexibility index (Phi) is 5.24. The highest BCUT2D eigenvalue weighted by Gasteiger charge is 2.33. The molecule has 1 aromatic carbocycles. The van der Waals surface area contributed by atoms with Crippen molar-refractivity contribution in [2.24, 2.45) is 5.41 Å². The van der Waals surface area contributed by atoms with Gasteiger partial charge in [-0.15, -0.1) is 11.3 Å². The summed E-state index contributed by atoms with van der Waals surface area (Å²) in [6.07, 6.45) is 7.38. The van der Waals surface area contributed by atoms with Crippen molar-refractivity contribution in [2.45, 2.75) is 19.4 Å². The van der Waals surface area contributed by atoms with E-state index in [0.717, 1.165) is 46.4 Å². The predicted octanol–water partition coefficient (Wildman–Crippen LogP) is 3.47. The molecule has 1 N–H and O–H groups in total. The first-order chi connectivity index (χ1) is 13.2. The number of imidazole rings is 1. The van der Waals surface area contributed by atoms with Crippen LogP contribution in [0.5, 0.6) is 5.75 Å². The lowest BCUT2D eigenvalue weighted by molar-refractivity contribution is -0.0250. The zero-order valence-electron chi connectivity index (χ0n) is 15.3. The molecule has 3 heterocycles. The Morgan fingerprint density at radius 3 is 2.93 bits per heavy atom. The maximum atomic E-state index is 9.99. The van der Waals surface area contributed by atoms with Crippen molar-refractivity contribution < 1.29 is 14.6 Å². The van der Waals surface area contributed by atoms with Crippen molar-refractivity contribution in [3.63, 3.8) is 0 Å². The number of aliphatic hydroxyl groups excluding tert-OH is 1. The molecule has 1 aliphatic heterocycles. The summed E-state index contributed by atoms with van der Waals surface area (Å²) < 4.78 is 12.9. The van der Waals surface area contributed by atoms with Crippen molar-refractivity contribution in [2.75, 3.05) is 26.9 Å². The topological polar surface area (TPSA) is 69.4 Å². The van der Waals surface area contributed by atoms with Gasteiger partial charge in [-0.25, -0.2) is 9.97 Å². The highest BCUT2D eigenvalue weighted by Crippen LogP contribution is 2.36. The molecule has 0 aliphatic carbocycles. The molecule has 0 bridgehead atoms. The van der Waals surface area contributed by atoms with Crippen LogP contribution in [0.4, 0.5) is 0 Å². The third kappa shape index (κ3) is 3.76. The molecule has 6 nitrogen and oxygen atoms in total. The van der Waals surface area contributed by atoms with Crippen LogP contribution in [-0.2, 0) is 11.3 Å². The van der Waals surface area contributed by atoms with Gasteiger partial charge in [0.15, 0.2) is 5.82 Å². The van der Waals surface area contributed by atoms with Crippen molar-refractivity contribution >= 4 is 11.3 Å². The van der Waals surface area contributed by atoms with Gasteiger partial charge >= 0.3 is 0 Å². The zero-order chi connectivity index (χ0) is 18.7. The van der Waals surface area contributed by atoms with E-state index in [4.69, 9.17) is 9.47 Å². The van der Waals surface area contributed by atoms with Crippen molar-refractivity contribution in [1.82, 2.24) is 14.5 Å². The normalized spacial score (nSPS) is 16.4. The smallest absolute Gasteiger partial charge is 0.151 e. The Morgan fingerprint density at radius 1 is 1.30 bits per heavy atom. The second-order valence-electron chi connectivity index (χ2n) is 6.91. The van der Waals surface area contributed by atoms with Gasteiger partial charge in [-0.05, 0) is 25.0 Å². The summed E-state index contributed by atoms with van der Waals surface area (Å²) in [4.78, 5) is 10.1. The summed E-state index contributed by atoms with van der Waals surface area (Å²) in [7, 11) is 1.66. The standard InChI is InChI=1S/C20H23N3O3S/c1-25-16-4-2-3-15(11-16)19-22-12-17(27-19)18-21-7-8-23(18)13-20(14-24)5-9-26-10-6-20/h2-4,7-8,11-12,24H,5-6,9-10,13-14H2,1H3. The fourth-order valence-electron chi connectivity index (χ4n) is 3.46. The molecule has 0 saturated carbocycles. The quantitative estimate of drug-likeness (QED) is 0.704. The van der Waals surface area contributed by atoms with Crippen LogP contribution < -0.4 is 4.74 Å². The molecule has 4 rings (SSSR count). The molecule has 0 spiro atoms. The number of aliphatic hydroxyl groups is 1. The molecule has 0 amide bonds. The lowest BCUT2D eigenvalue weighted by Gasteiger charge is -2.36. The minimum atomic E-state index is -0.145. The molecule has 0 radical (unpaired) electrons. The Bertz CT molecular complexity index is 899. The highest BCUT2D eigenvalue weighted by atomic mass is 32.1. The Hall–Kier alpha value is -2.22. The zero-order valence-corrected chi connectivity index (χ0v) is 16.1. The number of nitrogens with zero attached hydrogens (tertiary/aromatic N) is 3. The van der Waals surface area contributed by atoms with E-state index in [1.807, 2.05) is 42.9 Å². The van der Waals surface area contributed by atoms with Crippen LogP contribution >= 0.6 is 11.3 Å². The van der Waals surface area contributed by atoms with Crippen molar-refractivity contribution in [3.8, 4) is 27.0 Å². The molecule has 7 heteroatoms. The van der Waals surface area contributed by atoms with Crippen LogP contribution in [0.15, 0.2) is 42.9 Å². The number of ether oxygens (including phenoxy) is 2. The summed E-state index contributed by atoms with van der Waals surface area (Å²) in [6, 6.07) is 7.90. The summed E-state index contributed by atoms with van der Waals surface area (Å²) in [5, 5.41) is 10.9. The van der Waals surface area contributed by atoms with Crippen molar-refractivity contribution in [3.05, 3.63) is 42.9 Å². The molecule has 3 aromatic rings. The van der Waals surface area contributed by atoms with Crippen LogP contribution in [0, 0.1) is 5.41 Å². The molecule has 142 valence electrons. The molecule has 0 unspecified atom stereocenters. The van der Waals surface area contributed by atoms with Gasteiger partial charge in [0.1, 0.15) is 10.8 Å². The first kappa shape index (κ1) is 18.2. The third-order valence-corrected chi connectivity index (χ3v) is 6.20. The minimum absolute atomic E-state index is 0.145. The molecular formula is C20H23N3O3S. The summed E-state index contributed by atoms with van der Waals surface area (Å²) in [5.74, 6) is 1.70. The van der Waals surface area contributed by atoms with E-state index in [-0.39, 0.29) is 12.0 Å². The monoisotopic (exact) mass is 385 g/mol. The molecule has 27 heavy (non-hydrogen) atoms. The maximum absolute atomic E-state index is 9.99. The van der Waals surface area contributed by atoms with E-state index in [2.05, 4.69) is 14.5 Å². The molecular weight excluding hydrogens is 362 g/mol. The Labute approximate surface area is 162 Å². The SMILES string of the molecule is COc1cccc(-c2ncc(-c3nccn3CC3(CO)CCOCC3)s2)c1. The lowest BCUT2D eigenvalue weighted by Crippen LogP contribution is -2.37. The Balaban J connectivity index is 1.60. The summed E-state index contributed by atoms with van der Waals surface area (Å²) in [6.45, 7) is 2.29. The summed E-state index contributed by atoms with van der Waals surface area (Å²) in [5.41, 5.74) is 0.883.